The number of amides is 1. The fourth-order valence-corrected chi connectivity index (χ4v) is 2.94. The van der Waals surface area contributed by atoms with Crippen molar-refractivity contribution in [2.45, 2.75) is 12.3 Å². The summed E-state index contributed by atoms with van der Waals surface area (Å²) in [5, 5.41) is 3.63. The van der Waals surface area contributed by atoms with Crippen LogP contribution in [0.4, 0.5) is 0 Å². The molecule has 5 heteroatoms. The summed E-state index contributed by atoms with van der Waals surface area (Å²) in [6.07, 6.45) is 0. The van der Waals surface area contributed by atoms with E-state index in [2.05, 4.69) is 5.32 Å². The normalized spacial score (nSPS) is 10.3. The van der Waals surface area contributed by atoms with E-state index in [-0.39, 0.29) is 5.91 Å². The molecule has 2 aromatic carbocycles. The summed E-state index contributed by atoms with van der Waals surface area (Å²) < 4.78 is 5.16. The standard InChI is InChI=1S/C17H18ClNO2S/c1-21-16-7-3-4-13(9-16)10-19-17(20)12-22-11-14-5-2-6-15(18)8-14/h2-9H,10-12H2,1H3,(H,19,20). The van der Waals surface area contributed by atoms with Gasteiger partial charge in [-0.15, -0.1) is 11.8 Å². The predicted molar refractivity (Wildman–Crippen MR) is 92.5 cm³/mol. The zero-order valence-electron chi connectivity index (χ0n) is 12.3. The van der Waals surface area contributed by atoms with Crippen molar-refractivity contribution in [1.29, 1.82) is 0 Å². The minimum absolute atomic E-state index is 0.0230. The van der Waals surface area contributed by atoms with E-state index in [0.29, 0.717) is 12.3 Å². The molecule has 0 aliphatic rings. The Morgan fingerprint density at radius 2 is 1.95 bits per heavy atom. The van der Waals surface area contributed by atoms with Gasteiger partial charge in [-0.3, -0.25) is 4.79 Å². The zero-order valence-corrected chi connectivity index (χ0v) is 13.9. The Morgan fingerprint density at radius 1 is 1.18 bits per heavy atom. The van der Waals surface area contributed by atoms with Crippen molar-refractivity contribution in [2.24, 2.45) is 0 Å². The molecule has 0 bridgehead atoms. The highest BCUT2D eigenvalue weighted by Gasteiger charge is 2.03. The van der Waals surface area contributed by atoms with Gasteiger partial charge in [-0.1, -0.05) is 35.9 Å². The predicted octanol–water partition coefficient (Wildman–Crippen LogP) is 3.90. The van der Waals surface area contributed by atoms with Gasteiger partial charge in [0.1, 0.15) is 5.75 Å². The van der Waals surface area contributed by atoms with E-state index in [1.807, 2.05) is 48.5 Å². The van der Waals surface area contributed by atoms with Crippen molar-refractivity contribution in [3.05, 3.63) is 64.7 Å². The number of carbonyl (C=O) groups excluding carboxylic acids is 1. The van der Waals surface area contributed by atoms with E-state index < -0.39 is 0 Å². The van der Waals surface area contributed by atoms with Crippen LogP contribution in [0.25, 0.3) is 0 Å². The van der Waals surface area contributed by atoms with Gasteiger partial charge in [-0.05, 0) is 35.4 Å². The number of hydrogen-bond acceptors (Lipinski definition) is 3. The Morgan fingerprint density at radius 3 is 2.73 bits per heavy atom. The van der Waals surface area contributed by atoms with E-state index in [1.165, 1.54) is 0 Å². The first-order chi connectivity index (χ1) is 10.7. The number of hydrogen-bond donors (Lipinski definition) is 1. The number of ether oxygens (including phenoxy) is 1. The number of benzene rings is 2. The molecule has 0 saturated heterocycles. The molecule has 1 amide bonds. The minimum Gasteiger partial charge on any atom is -0.497 e. The Balaban J connectivity index is 1.71. The third-order valence-electron chi connectivity index (χ3n) is 3.01. The highest BCUT2D eigenvalue weighted by molar-refractivity contribution is 7.99. The Kier molecular flexibility index (Phi) is 6.62. The highest BCUT2D eigenvalue weighted by Crippen LogP contribution is 2.16. The molecule has 0 heterocycles. The quantitative estimate of drug-likeness (QED) is 0.834. The Labute approximate surface area is 140 Å². The molecule has 2 rings (SSSR count). The lowest BCUT2D eigenvalue weighted by Gasteiger charge is -2.07. The van der Waals surface area contributed by atoms with Crippen molar-refractivity contribution in [2.75, 3.05) is 12.9 Å². The fourth-order valence-electron chi connectivity index (χ4n) is 1.92. The number of carbonyl (C=O) groups is 1. The Hall–Kier alpha value is -1.65. The largest absolute Gasteiger partial charge is 0.497 e. The van der Waals surface area contributed by atoms with Crippen LogP contribution in [0.2, 0.25) is 5.02 Å². The van der Waals surface area contributed by atoms with Crippen molar-refractivity contribution in [3.8, 4) is 5.75 Å². The summed E-state index contributed by atoms with van der Waals surface area (Å²) in [4.78, 5) is 11.8. The maximum Gasteiger partial charge on any atom is 0.230 e. The van der Waals surface area contributed by atoms with Crippen LogP contribution >= 0.6 is 23.4 Å². The van der Waals surface area contributed by atoms with Crippen LogP contribution in [0.5, 0.6) is 5.75 Å². The molecule has 22 heavy (non-hydrogen) atoms. The third-order valence-corrected chi connectivity index (χ3v) is 4.25. The molecule has 0 atom stereocenters. The Bertz CT molecular complexity index is 634. The second-order valence-electron chi connectivity index (χ2n) is 4.75. The van der Waals surface area contributed by atoms with E-state index in [9.17, 15) is 4.79 Å². The van der Waals surface area contributed by atoms with Crippen LogP contribution in [-0.2, 0) is 17.1 Å². The van der Waals surface area contributed by atoms with Gasteiger partial charge in [0.2, 0.25) is 5.91 Å². The van der Waals surface area contributed by atoms with E-state index in [0.717, 1.165) is 27.7 Å². The number of methoxy groups -OCH3 is 1. The molecule has 116 valence electrons. The summed E-state index contributed by atoms with van der Waals surface area (Å²) in [6, 6.07) is 15.4. The van der Waals surface area contributed by atoms with Gasteiger partial charge in [0.05, 0.1) is 12.9 Å². The molecule has 0 fully saturated rings. The topological polar surface area (TPSA) is 38.3 Å². The number of halogens is 1. The van der Waals surface area contributed by atoms with Crippen LogP contribution in [0.1, 0.15) is 11.1 Å². The second-order valence-corrected chi connectivity index (χ2v) is 6.17. The van der Waals surface area contributed by atoms with Crippen molar-refractivity contribution in [1.82, 2.24) is 5.32 Å². The number of thioether (sulfide) groups is 1. The number of nitrogens with one attached hydrogen (secondary N) is 1. The maximum absolute atomic E-state index is 11.8. The lowest BCUT2D eigenvalue weighted by atomic mass is 10.2. The SMILES string of the molecule is COc1cccc(CNC(=O)CSCc2cccc(Cl)c2)c1. The molecular weight excluding hydrogens is 318 g/mol. The van der Waals surface area contributed by atoms with Gasteiger partial charge in [-0.2, -0.15) is 0 Å². The van der Waals surface area contributed by atoms with Gasteiger partial charge in [0.15, 0.2) is 0 Å². The fraction of sp³-hybridized carbons (Fsp3) is 0.235. The smallest absolute Gasteiger partial charge is 0.230 e. The summed E-state index contributed by atoms with van der Waals surface area (Å²) >= 11 is 7.50. The van der Waals surface area contributed by atoms with Crippen LogP contribution < -0.4 is 10.1 Å². The molecule has 0 saturated carbocycles. The molecule has 0 aliphatic heterocycles. The van der Waals surface area contributed by atoms with E-state index >= 15 is 0 Å². The van der Waals surface area contributed by atoms with Crippen molar-refractivity contribution < 1.29 is 9.53 Å². The monoisotopic (exact) mass is 335 g/mol. The van der Waals surface area contributed by atoms with Crippen LogP contribution in [0.15, 0.2) is 48.5 Å². The first-order valence-electron chi connectivity index (χ1n) is 6.89. The van der Waals surface area contributed by atoms with Crippen LogP contribution in [-0.4, -0.2) is 18.8 Å². The summed E-state index contributed by atoms with van der Waals surface area (Å²) in [6.45, 7) is 0.508. The van der Waals surface area contributed by atoms with Gasteiger partial charge >= 0.3 is 0 Å². The molecular formula is C17H18ClNO2S. The summed E-state index contributed by atoms with van der Waals surface area (Å²) in [5.74, 6) is 2.01. The molecule has 1 N–H and O–H groups in total. The van der Waals surface area contributed by atoms with E-state index in [1.54, 1.807) is 18.9 Å². The van der Waals surface area contributed by atoms with E-state index in [4.69, 9.17) is 16.3 Å². The summed E-state index contributed by atoms with van der Waals surface area (Å²) in [7, 11) is 1.63. The third kappa shape index (κ3) is 5.62. The second kappa shape index (κ2) is 8.71. The molecule has 0 aromatic heterocycles. The van der Waals surface area contributed by atoms with Gasteiger partial charge < -0.3 is 10.1 Å². The average molecular weight is 336 g/mol. The molecule has 0 spiro atoms. The van der Waals surface area contributed by atoms with Crippen molar-refractivity contribution in [3.63, 3.8) is 0 Å². The minimum atomic E-state index is 0.0230. The molecule has 0 radical (unpaired) electrons. The summed E-state index contributed by atoms with van der Waals surface area (Å²) in [5.41, 5.74) is 2.14. The molecule has 2 aromatic rings. The van der Waals surface area contributed by atoms with Gasteiger partial charge in [0.25, 0.3) is 0 Å². The van der Waals surface area contributed by atoms with Gasteiger partial charge in [-0.25, -0.2) is 0 Å². The molecule has 3 nitrogen and oxygen atoms in total. The maximum atomic E-state index is 11.8. The van der Waals surface area contributed by atoms with Crippen molar-refractivity contribution >= 4 is 29.3 Å². The lowest BCUT2D eigenvalue weighted by Crippen LogP contribution is -2.24. The first-order valence-corrected chi connectivity index (χ1v) is 8.42. The average Bonchev–Trinajstić information content (AvgIpc) is 2.53. The van der Waals surface area contributed by atoms with Crippen LogP contribution in [0.3, 0.4) is 0 Å². The lowest BCUT2D eigenvalue weighted by molar-refractivity contribution is -0.118. The molecule has 0 unspecified atom stereocenters. The molecule has 0 aliphatic carbocycles. The first kappa shape index (κ1) is 16.7. The number of rotatable bonds is 7. The van der Waals surface area contributed by atoms with Crippen LogP contribution in [0, 0.1) is 0 Å². The zero-order chi connectivity index (χ0) is 15.8. The van der Waals surface area contributed by atoms with Gasteiger partial charge in [0, 0.05) is 17.3 Å². The highest BCUT2D eigenvalue weighted by atomic mass is 35.5.